The van der Waals surface area contributed by atoms with Gasteiger partial charge in [-0.1, -0.05) is 12.1 Å². The van der Waals surface area contributed by atoms with E-state index in [9.17, 15) is 4.79 Å². The number of nitrogens with two attached hydrogens (primary N) is 1. The number of aliphatic carboxylic acids is 1. The van der Waals surface area contributed by atoms with Crippen LogP contribution in [0, 0.1) is 0 Å². The molecule has 0 unspecified atom stereocenters. The molecule has 0 aliphatic rings. The molecule has 1 atom stereocenters. The van der Waals surface area contributed by atoms with Crippen LogP contribution in [0.1, 0.15) is 19.4 Å². The van der Waals surface area contributed by atoms with Crippen LogP contribution in [0.15, 0.2) is 24.3 Å². The van der Waals surface area contributed by atoms with Crippen LogP contribution in [0.3, 0.4) is 0 Å². The average molecular weight is 339 g/mol. The zero-order valence-corrected chi connectivity index (χ0v) is 14.0. The molecule has 5 nitrogen and oxygen atoms in total. The van der Waals surface area contributed by atoms with Crippen molar-refractivity contribution in [3.63, 3.8) is 0 Å². The van der Waals surface area contributed by atoms with E-state index in [4.69, 9.17) is 15.6 Å². The van der Waals surface area contributed by atoms with Crippen LogP contribution in [0.5, 0.6) is 0 Å². The molecule has 0 radical (unpaired) electrons. The summed E-state index contributed by atoms with van der Waals surface area (Å²) in [4.78, 5) is 12.8. The van der Waals surface area contributed by atoms with E-state index in [1.165, 1.54) is 5.69 Å². The van der Waals surface area contributed by atoms with Gasteiger partial charge in [-0.15, -0.1) is 24.8 Å². The van der Waals surface area contributed by atoms with E-state index in [0.717, 1.165) is 18.7 Å². The number of hydrogen-bond acceptors (Lipinski definition) is 4. The molecule has 21 heavy (non-hydrogen) atoms. The Hall–Kier alpha value is -1.01. The van der Waals surface area contributed by atoms with Gasteiger partial charge in [0.2, 0.25) is 0 Å². The van der Waals surface area contributed by atoms with Gasteiger partial charge >= 0.3 is 5.97 Å². The fourth-order valence-corrected chi connectivity index (χ4v) is 1.77. The normalized spacial score (nSPS) is 11.0. The summed E-state index contributed by atoms with van der Waals surface area (Å²) in [7, 11) is 0. The minimum atomic E-state index is -1.04. The molecule has 1 aromatic rings. The molecule has 0 spiro atoms. The molecule has 0 aromatic heterocycles. The molecule has 0 saturated heterocycles. The number of anilines is 1. The Morgan fingerprint density at radius 1 is 1.24 bits per heavy atom. The first-order chi connectivity index (χ1) is 9.08. The maximum Gasteiger partial charge on any atom is 0.322 e. The first-order valence-corrected chi connectivity index (χ1v) is 6.48. The van der Waals surface area contributed by atoms with E-state index >= 15 is 0 Å². The Morgan fingerprint density at radius 3 is 2.19 bits per heavy atom. The van der Waals surface area contributed by atoms with Crippen molar-refractivity contribution in [2.24, 2.45) is 5.73 Å². The minimum absolute atomic E-state index is 0. The third-order valence-electron chi connectivity index (χ3n) is 2.95. The number of carbonyl (C=O) groups is 1. The summed E-state index contributed by atoms with van der Waals surface area (Å²) in [6, 6.07) is 7.10. The molecule has 0 fully saturated rings. The van der Waals surface area contributed by atoms with Gasteiger partial charge in [-0.05, 0) is 31.5 Å². The number of carboxylic acids is 1. The van der Waals surface area contributed by atoms with E-state index in [1.54, 1.807) is 0 Å². The van der Waals surface area contributed by atoms with Gasteiger partial charge in [-0.25, -0.2) is 0 Å². The summed E-state index contributed by atoms with van der Waals surface area (Å²) in [5, 5.41) is 8.62. The second-order valence-electron chi connectivity index (χ2n) is 4.30. The lowest BCUT2D eigenvalue weighted by molar-refractivity contribution is -0.140. The van der Waals surface area contributed by atoms with Crippen LogP contribution in [0.4, 0.5) is 5.69 Å². The zero-order valence-electron chi connectivity index (χ0n) is 12.3. The van der Waals surface area contributed by atoms with Crippen molar-refractivity contribution < 1.29 is 14.6 Å². The van der Waals surface area contributed by atoms with Gasteiger partial charge in [0.1, 0.15) is 6.04 Å². The van der Waals surface area contributed by atoms with Crippen molar-refractivity contribution >= 4 is 36.5 Å². The number of nitrogens with zero attached hydrogens (tertiary/aromatic N) is 1. The summed E-state index contributed by atoms with van der Waals surface area (Å²) < 4.78 is 5.28. The Morgan fingerprint density at radius 2 is 1.76 bits per heavy atom. The number of ether oxygens (including phenoxy) is 1. The summed E-state index contributed by atoms with van der Waals surface area (Å²) >= 11 is 0. The number of carboxylic acid groups (broad SMARTS) is 1. The quantitative estimate of drug-likeness (QED) is 0.760. The second-order valence-corrected chi connectivity index (χ2v) is 4.30. The van der Waals surface area contributed by atoms with Crippen LogP contribution >= 0.6 is 24.8 Å². The molecule has 0 aliphatic carbocycles. The molecule has 1 aromatic carbocycles. The van der Waals surface area contributed by atoms with E-state index in [1.807, 2.05) is 24.3 Å². The van der Waals surface area contributed by atoms with Crippen molar-refractivity contribution in [3.05, 3.63) is 29.8 Å². The highest BCUT2D eigenvalue weighted by Crippen LogP contribution is 2.15. The molecule has 0 saturated carbocycles. The third kappa shape index (κ3) is 7.52. The molecular formula is C14H24Cl2N2O3. The molecule has 0 bridgehead atoms. The Kier molecular flexibility index (Phi) is 12.3. The highest BCUT2D eigenvalue weighted by atomic mass is 35.5. The maximum absolute atomic E-state index is 10.5. The van der Waals surface area contributed by atoms with Crippen molar-refractivity contribution in [2.75, 3.05) is 24.6 Å². The van der Waals surface area contributed by atoms with Gasteiger partial charge in [0.25, 0.3) is 0 Å². The molecule has 0 aliphatic heterocycles. The maximum atomic E-state index is 10.5. The number of halogens is 2. The van der Waals surface area contributed by atoms with Crippen molar-refractivity contribution in [1.29, 1.82) is 0 Å². The molecule has 122 valence electrons. The molecule has 1 rings (SSSR count). The monoisotopic (exact) mass is 338 g/mol. The summed E-state index contributed by atoms with van der Waals surface area (Å²) in [5.41, 5.74) is 7.53. The van der Waals surface area contributed by atoms with Crippen molar-refractivity contribution in [3.8, 4) is 0 Å². The lowest BCUT2D eigenvalue weighted by Crippen LogP contribution is -2.34. The van der Waals surface area contributed by atoms with Gasteiger partial charge in [0.05, 0.1) is 13.2 Å². The first-order valence-electron chi connectivity index (χ1n) is 6.48. The van der Waals surface area contributed by atoms with E-state index < -0.39 is 12.0 Å². The highest BCUT2D eigenvalue weighted by molar-refractivity contribution is 5.85. The summed E-state index contributed by atoms with van der Waals surface area (Å²) in [5.74, 6) is -1.04. The van der Waals surface area contributed by atoms with Crippen molar-refractivity contribution in [1.82, 2.24) is 0 Å². The second kappa shape index (κ2) is 11.6. The predicted octanol–water partition coefficient (Wildman–Crippen LogP) is 2.30. The molecule has 3 N–H and O–H groups in total. The third-order valence-corrected chi connectivity index (χ3v) is 2.95. The Bertz CT molecular complexity index is 398. The lowest BCUT2D eigenvalue weighted by Gasteiger charge is -2.21. The van der Waals surface area contributed by atoms with Crippen LogP contribution in [0.2, 0.25) is 0 Å². The van der Waals surface area contributed by atoms with Crippen LogP contribution in [0.25, 0.3) is 0 Å². The van der Waals surface area contributed by atoms with Gasteiger partial charge in [0.15, 0.2) is 0 Å². The molecule has 0 heterocycles. The fourth-order valence-electron chi connectivity index (χ4n) is 1.77. The first kappa shape index (κ1) is 22.3. The van der Waals surface area contributed by atoms with Gasteiger partial charge < -0.3 is 20.5 Å². The zero-order chi connectivity index (χ0) is 14.3. The van der Waals surface area contributed by atoms with Gasteiger partial charge in [-0.3, -0.25) is 4.79 Å². The Balaban J connectivity index is 0. The fraction of sp³-hybridized carbons (Fsp3) is 0.500. The van der Waals surface area contributed by atoms with Crippen LogP contribution in [-0.2, 0) is 16.1 Å². The number of benzene rings is 1. The predicted molar refractivity (Wildman–Crippen MR) is 89.8 cm³/mol. The largest absolute Gasteiger partial charge is 0.480 e. The smallest absolute Gasteiger partial charge is 0.322 e. The van der Waals surface area contributed by atoms with Crippen molar-refractivity contribution in [2.45, 2.75) is 26.5 Å². The van der Waals surface area contributed by atoms with Crippen LogP contribution < -0.4 is 10.6 Å². The summed E-state index contributed by atoms with van der Waals surface area (Å²) in [6.45, 7) is 6.58. The molecule has 0 amide bonds. The number of hydrogen-bond donors (Lipinski definition) is 2. The standard InChI is InChI=1S/C14H22N2O3.2ClH/c1-3-16(4-2)12-7-5-11(6-8-12)9-19-10-13(15)14(17)18;;/h5-8,13H,3-4,9-10,15H2,1-2H3,(H,17,18);2*1H/t13-;;/m0../s1. The van der Waals surface area contributed by atoms with Crippen LogP contribution in [-0.4, -0.2) is 36.8 Å². The number of rotatable bonds is 8. The lowest BCUT2D eigenvalue weighted by atomic mass is 10.2. The average Bonchev–Trinajstić information content (AvgIpc) is 2.41. The molecule has 7 heteroatoms. The van der Waals surface area contributed by atoms with E-state index in [-0.39, 0.29) is 31.4 Å². The summed E-state index contributed by atoms with van der Waals surface area (Å²) in [6.07, 6.45) is 0. The van der Waals surface area contributed by atoms with E-state index in [0.29, 0.717) is 6.61 Å². The van der Waals surface area contributed by atoms with Gasteiger partial charge in [0, 0.05) is 18.8 Å². The highest BCUT2D eigenvalue weighted by Gasteiger charge is 2.11. The SMILES string of the molecule is CCN(CC)c1ccc(COC[C@H](N)C(=O)O)cc1.Cl.Cl. The Labute approximate surface area is 138 Å². The topological polar surface area (TPSA) is 75.8 Å². The minimum Gasteiger partial charge on any atom is -0.480 e. The van der Waals surface area contributed by atoms with E-state index in [2.05, 4.69) is 18.7 Å². The van der Waals surface area contributed by atoms with Gasteiger partial charge in [-0.2, -0.15) is 0 Å². The molecular weight excluding hydrogens is 315 g/mol.